The molecule has 0 bridgehead atoms. The second-order valence-electron chi connectivity index (χ2n) is 7.75. The Hall–Kier alpha value is -3.27. The van der Waals surface area contributed by atoms with Gasteiger partial charge in [0, 0.05) is 18.4 Å². The molecule has 1 aliphatic heterocycles. The maximum atomic E-state index is 11.4. The van der Waals surface area contributed by atoms with Crippen LogP contribution in [0.25, 0.3) is 16.9 Å². The van der Waals surface area contributed by atoms with Gasteiger partial charge in [-0.1, -0.05) is 5.21 Å². The van der Waals surface area contributed by atoms with Crippen molar-refractivity contribution in [3.63, 3.8) is 0 Å². The average Bonchev–Trinajstić information content (AvgIpc) is 3.49. The normalized spacial score (nSPS) is 23.7. The van der Waals surface area contributed by atoms with Gasteiger partial charge in [-0.3, -0.25) is 4.79 Å². The van der Waals surface area contributed by atoms with E-state index in [9.17, 15) is 4.79 Å². The molecule has 5 rings (SSSR count). The fourth-order valence-corrected chi connectivity index (χ4v) is 3.99. The monoisotopic (exact) mass is 409 g/mol. The summed E-state index contributed by atoms with van der Waals surface area (Å²) in [6, 6.07) is 7.78. The predicted molar refractivity (Wildman–Crippen MR) is 108 cm³/mol. The molecule has 1 aromatic carbocycles. The SMILES string of the molecule is NC(=O)[C@@H]1CC[C@@H](Nc2ncc3nnn(-c4ccc(O[C@H]5CCOC5)cc4)c3n2)C1. The summed E-state index contributed by atoms with van der Waals surface area (Å²) in [5.41, 5.74) is 7.46. The van der Waals surface area contributed by atoms with Crippen molar-refractivity contribution in [3.05, 3.63) is 30.5 Å². The van der Waals surface area contributed by atoms with Crippen LogP contribution < -0.4 is 15.8 Å². The molecule has 3 atom stereocenters. The van der Waals surface area contributed by atoms with Crippen molar-refractivity contribution in [1.82, 2.24) is 25.0 Å². The quantitative estimate of drug-likeness (QED) is 0.625. The molecule has 2 aliphatic rings. The summed E-state index contributed by atoms with van der Waals surface area (Å²) in [4.78, 5) is 20.3. The molecule has 3 heterocycles. The molecular weight excluding hydrogens is 386 g/mol. The largest absolute Gasteiger partial charge is 0.488 e. The van der Waals surface area contributed by atoms with Crippen LogP contribution >= 0.6 is 0 Å². The minimum absolute atomic E-state index is 0.0880. The highest BCUT2D eigenvalue weighted by Gasteiger charge is 2.29. The highest BCUT2D eigenvalue weighted by atomic mass is 16.5. The lowest BCUT2D eigenvalue weighted by Crippen LogP contribution is -2.23. The van der Waals surface area contributed by atoms with Crippen LogP contribution in [-0.4, -0.2) is 56.2 Å². The Morgan fingerprint density at radius 3 is 2.83 bits per heavy atom. The van der Waals surface area contributed by atoms with Crippen molar-refractivity contribution in [2.24, 2.45) is 11.7 Å². The number of amides is 1. The number of fused-ring (bicyclic) bond motifs is 1. The summed E-state index contributed by atoms with van der Waals surface area (Å²) < 4.78 is 12.9. The van der Waals surface area contributed by atoms with Crippen LogP contribution in [0.3, 0.4) is 0 Å². The molecule has 0 spiro atoms. The summed E-state index contributed by atoms with van der Waals surface area (Å²) >= 11 is 0. The lowest BCUT2D eigenvalue weighted by molar-refractivity contribution is -0.121. The molecule has 1 saturated heterocycles. The van der Waals surface area contributed by atoms with Crippen molar-refractivity contribution in [2.75, 3.05) is 18.5 Å². The maximum Gasteiger partial charge on any atom is 0.225 e. The highest BCUT2D eigenvalue weighted by Crippen LogP contribution is 2.27. The van der Waals surface area contributed by atoms with Gasteiger partial charge in [-0.25, -0.2) is 4.98 Å². The minimum atomic E-state index is -0.245. The lowest BCUT2D eigenvalue weighted by atomic mass is 10.1. The third kappa shape index (κ3) is 3.78. The third-order valence-electron chi connectivity index (χ3n) is 5.63. The molecule has 0 radical (unpaired) electrons. The van der Waals surface area contributed by atoms with Crippen LogP contribution in [0.15, 0.2) is 30.5 Å². The number of carbonyl (C=O) groups is 1. The van der Waals surface area contributed by atoms with Gasteiger partial charge in [0.2, 0.25) is 11.9 Å². The minimum Gasteiger partial charge on any atom is -0.488 e. The first kappa shape index (κ1) is 18.7. The number of rotatable bonds is 6. The molecule has 1 amide bonds. The van der Waals surface area contributed by atoms with E-state index in [-0.39, 0.29) is 24.0 Å². The smallest absolute Gasteiger partial charge is 0.225 e. The Morgan fingerprint density at radius 1 is 1.23 bits per heavy atom. The van der Waals surface area contributed by atoms with Crippen LogP contribution in [0.4, 0.5) is 5.95 Å². The number of nitrogens with two attached hydrogens (primary N) is 1. The number of nitrogens with zero attached hydrogens (tertiary/aromatic N) is 5. The van der Waals surface area contributed by atoms with Crippen molar-refractivity contribution in [2.45, 2.75) is 37.8 Å². The Bertz CT molecular complexity index is 1050. The van der Waals surface area contributed by atoms with E-state index in [0.717, 1.165) is 37.3 Å². The number of anilines is 1. The number of ether oxygens (including phenoxy) is 2. The molecular formula is C20H23N7O3. The van der Waals surface area contributed by atoms with Crippen molar-refractivity contribution in [3.8, 4) is 11.4 Å². The van der Waals surface area contributed by atoms with Gasteiger partial charge in [-0.05, 0) is 43.5 Å². The highest BCUT2D eigenvalue weighted by molar-refractivity contribution is 5.77. The first-order valence-electron chi connectivity index (χ1n) is 10.1. The third-order valence-corrected chi connectivity index (χ3v) is 5.63. The molecule has 1 saturated carbocycles. The van der Waals surface area contributed by atoms with Gasteiger partial charge in [0.25, 0.3) is 0 Å². The van der Waals surface area contributed by atoms with Gasteiger partial charge >= 0.3 is 0 Å². The number of carbonyl (C=O) groups excluding carboxylic acids is 1. The van der Waals surface area contributed by atoms with Gasteiger partial charge in [-0.2, -0.15) is 9.67 Å². The average molecular weight is 409 g/mol. The van der Waals surface area contributed by atoms with Gasteiger partial charge in [0.15, 0.2) is 11.2 Å². The summed E-state index contributed by atoms with van der Waals surface area (Å²) in [6.07, 6.45) is 5.00. The molecule has 2 fully saturated rings. The van der Waals surface area contributed by atoms with Crippen LogP contribution in [-0.2, 0) is 9.53 Å². The molecule has 156 valence electrons. The van der Waals surface area contributed by atoms with Crippen molar-refractivity contribution in [1.29, 1.82) is 0 Å². The Morgan fingerprint density at radius 2 is 2.10 bits per heavy atom. The molecule has 10 heteroatoms. The number of hydrogen-bond donors (Lipinski definition) is 2. The summed E-state index contributed by atoms with van der Waals surface area (Å²) in [5.74, 6) is 0.948. The van der Waals surface area contributed by atoms with E-state index < -0.39 is 0 Å². The zero-order chi connectivity index (χ0) is 20.5. The number of benzene rings is 1. The molecule has 3 aromatic rings. The van der Waals surface area contributed by atoms with E-state index in [1.165, 1.54) is 0 Å². The van der Waals surface area contributed by atoms with E-state index in [0.29, 0.717) is 30.1 Å². The van der Waals surface area contributed by atoms with Gasteiger partial charge in [-0.15, -0.1) is 5.10 Å². The van der Waals surface area contributed by atoms with Crippen molar-refractivity contribution < 1.29 is 14.3 Å². The molecule has 0 unspecified atom stereocenters. The van der Waals surface area contributed by atoms with E-state index >= 15 is 0 Å². The first-order chi connectivity index (χ1) is 14.7. The van der Waals surface area contributed by atoms with E-state index in [1.807, 2.05) is 24.3 Å². The molecule has 1 aliphatic carbocycles. The number of primary amides is 1. The fourth-order valence-electron chi connectivity index (χ4n) is 3.99. The van der Waals surface area contributed by atoms with Crippen LogP contribution in [0.5, 0.6) is 5.75 Å². The molecule has 2 aromatic heterocycles. The Labute approximate surface area is 172 Å². The fraction of sp³-hybridized carbons (Fsp3) is 0.450. The summed E-state index contributed by atoms with van der Waals surface area (Å²) in [7, 11) is 0. The van der Waals surface area contributed by atoms with Crippen molar-refractivity contribution >= 4 is 23.0 Å². The second-order valence-corrected chi connectivity index (χ2v) is 7.75. The predicted octanol–water partition coefficient (Wildman–Crippen LogP) is 1.44. The maximum absolute atomic E-state index is 11.4. The zero-order valence-electron chi connectivity index (χ0n) is 16.4. The number of aromatic nitrogens is 5. The second kappa shape index (κ2) is 7.86. The lowest BCUT2D eigenvalue weighted by Gasteiger charge is -2.13. The number of nitrogens with one attached hydrogen (secondary N) is 1. The molecule has 10 nitrogen and oxygen atoms in total. The zero-order valence-corrected chi connectivity index (χ0v) is 16.4. The molecule has 30 heavy (non-hydrogen) atoms. The van der Waals surface area contributed by atoms with Crippen LogP contribution in [0.2, 0.25) is 0 Å². The Balaban J connectivity index is 1.33. The number of hydrogen-bond acceptors (Lipinski definition) is 8. The molecule has 3 N–H and O–H groups in total. The van der Waals surface area contributed by atoms with Gasteiger partial charge < -0.3 is 20.5 Å². The van der Waals surface area contributed by atoms with Crippen LogP contribution in [0, 0.1) is 5.92 Å². The van der Waals surface area contributed by atoms with E-state index in [2.05, 4.69) is 25.6 Å². The summed E-state index contributed by atoms with van der Waals surface area (Å²) in [6.45, 7) is 1.37. The van der Waals surface area contributed by atoms with Gasteiger partial charge in [0.05, 0.1) is 25.1 Å². The first-order valence-corrected chi connectivity index (χ1v) is 10.1. The Kier molecular flexibility index (Phi) is 4.91. The topological polar surface area (TPSA) is 130 Å². The van der Waals surface area contributed by atoms with E-state index in [4.69, 9.17) is 15.2 Å². The standard InChI is InChI=1S/C20H23N7O3/c21-18(28)12-1-2-13(9-12)23-20-22-10-17-19(24-20)27(26-25-17)14-3-5-15(6-4-14)30-16-7-8-29-11-16/h3-6,10,12-13,16H,1-2,7-9,11H2,(H2,21,28)(H,22,23,24)/t12-,13-,16+/m1/s1. The summed E-state index contributed by atoms with van der Waals surface area (Å²) in [5, 5.41) is 11.7. The van der Waals surface area contributed by atoms with Crippen LogP contribution in [0.1, 0.15) is 25.7 Å². The van der Waals surface area contributed by atoms with Gasteiger partial charge in [0.1, 0.15) is 11.9 Å². The van der Waals surface area contributed by atoms with E-state index in [1.54, 1.807) is 10.9 Å².